The molecule has 0 saturated carbocycles. The lowest BCUT2D eigenvalue weighted by atomic mass is 10.3. The van der Waals surface area contributed by atoms with Crippen molar-refractivity contribution in [1.29, 1.82) is 0 Å². The molecule has 3 heteroatoms. The van der Waals surface area contributed by atoms with E-state index in [4.69, 9.17) is 0 Å². The second-order valence-corrected chi connectivity index (χ2v) is 3.11. The minimum atomic E-state index is 0.585. The summed E-state index contributed by atoms with van der Waals surface area (Å²) in [6, 6.07) is 18.4. The predicted octanol–water partition coefficient (Wildman–Crippen LogP) is 5.18. The summed E-state index contributed by atoms with van der Waals surface area (Å²) in [6.45, 7) is 8.00. The molecule has 19 heavy (non-hydrogen) atoms. The van der Waals surface area contributed by atoms with Crippen molar-refractivity contribution in [1.82, 2.24) is 0 Å². The summed E-state index contributed by atoms with van der Waals surface area (Å²) in [5.41, 5.74) is 4.09. The second kappa shape index (κ2) is 11.0. The first-order chi connectivity index (χ1) is 9.36. The fraction of sp³-hybridized carbons (Fsp3) is 0.250. The van der Waals surface area contributed by atoms with Crippen molar-refractivity contribution in [2.24, 2.45) is 0 Å². The third-order valence-corrected chi connectivity index (χ3v) is 2.00. The molecular weight excluding hydrogens is 236 g/mol. The highest BCUT2D eigenvalue weighted by Crippen LogP contribution is 2.12. The Morgan fingerprint density at radius 3 is 1.63 bits per heavy atom. The van der Waals surface area contributed by atoms with E-state index in [0.717, 1.165) is 10.6 Å². The number of benzene rings is 2. The number of nitrogens with zero attached hydrogens (tertiary/aromatic N) is 1. The van der Waals surface area contributed by atoms with E-state index in [0.29, 0.717) is 5.69 Å². The van der Waals surface area contributed by atoms with E-state index in [1.54, 1.807) is 12.1 Å². The van der Waals surface area contributed by atoms with Gasteiger partial charge in [0, 0.05) is 12.1 Å². The van der Waals surface area contributed by atoms with Gasteiger partial charge < -0.3 is 0 Å². The van der Waals surface area contributed by atoms with Crippen molar-refractivity contribution >= 4 is 11.4 Å². The van der Waals surface area contributed by atoms with Gasteiger partial charge in [0.05, 0.1) is 4.91 Å². The molecule has 0 aromatic heterocycles. The van der Waals surface area contributed by atoms with Gasteiger partial charge in [0.15, 0.2) is 4.87 Å². The Labute approximate surface area is 115 Å². The summed E-state index contributed by atoms with van der Waals surface area (Å²) >= 11 is 0. The zero-order valence-electron chi connectivity index (χ0n) is 12.1. The van der Waals surface area contributed by atoms with Gasteiger partial charge in [-0.1, -0.05) is 64.1 Å². The van der Waals surface area contributed by atoms with Crippen LogP contribution in [-0.4, -0.2) is 4.87 Å². The van der Waals surface area contributed by atoms with Crippen LogP contribution in [0.4, 0.5) is 11.4 Å². The summed E-state index contributed by atoms with van der Waals surface area (Å²) < 4.78 is 0. The Balaban J connectivity index is 0.000000741. The van der Waals surface area contributed by atoms with Crippen LogP contribution in [0.15, 0.2) is 60.7 Å². The van der Waals surface area contributed by atoms with E-state index >= 15 is 0 Å². The van der Waals surface area contributed by atoms with Crippen molar-refractivity contribution in [3.63, 3.8) is 0 Å². The van der Waals surface area contributed by atoms with E-state index in [1.807, 2.05) is 76.2 Å². The molecule has 2 aromatic carbocycles. The number of nitrogens with one attached hydrogen (secondary N) is 1. The summed E-state index contributed by atoms with van der Waals surface area (Å²) in [7, 11) is 0. The number of rotatable bonds is 3. The maximum atomic E-state index is 11.6. The maximum absolute atomic E-state index is 11.6. The van der Waals surface area contributed by atoms with Crippen molar-refractivity contribution < 1.29 is 4.87 Å². The standard InChI is InChI=1S/C12H11N2O.2C2H6/c15-14(12-9-5-2-6-10-12)13-11-7-3-1-4-8-11;2*1-2/h1-10H,(H,13,15);2*1-2H3/q+1;;. The molecule has 0 aliphatic rings. The normalized spacial score (nSPS) is 8.21. The first-order valence-corrected chi connectivity index (χ1v) is 6.70. The average Bonchev–Trinajstić information content (AvgIpc) is 2.53. The van der Waals surface area contributed by atoms with Gasteiger partial charge in [0.1, 0.15) is 5.69 Å². The fourth-order valence-corrected chi connectivity index (χ4v) is 1.26. The SMILES string of the molecule is CC.CC.O=[N+](Nc1ccccc1)c1ccccc1. The van der Waals surface area contributed by atoms with Crippen LogP contribution in [0.25, 0.3) is 0 Å². The molecule has 0 atom stereocenters. The third-order valence-electron chi connectivity index (χ3n) is 2.00. The van der Waals surface area contributed by atoms with Crippen LogP contribution in [0, 0.1) is 4.91 Å². The van der Waals surface area contributed by atoms with Gasteiger partial charge in [-0.15, -0.1) is 5.43 Å². The monoisotopic (exact) mass is 259 g/mol. The highest BCUT2D eigenvalue weighted by Gasteiger charge is 2.11. The Kier molecular flexibility index (Phi) is 9.71. The molecule has 0 heterocycles. The van der Waals surface area contributed by atoms with Gasteiger partial charge in [-0.2, -0.15) is 0 Å². The minimum absolute atomic E-state index is 0.585. The quantitative estimate of drug-likeness (QED) is 0.608. The van der Waals surface area contributed by atoms with E-state index in [1.165, 1.54) is 0 Å². The Hall–Kier alpha value is -2.16. The Morgan fingerprint density at radius 1 is 0.737 bits per heavy atom. The molecular formula is C16H23N2O+. The lowest BCUT2D eigenvalue weighted by Gasteiger charge is -1.95. The highest BCUT2D eigenvalue weighted by atomic mass is 16.3. The molecule has 3 nitrogen and oxygen atoms in total. The largest absolute Gasteiger partial charge is 0.292 e. The second-order valence-electron chi connectivity index (χ2n) is 3.11. The zero-order valence-corrected chi connectivity index (χ0v) is 12.1. The first-order valence-electron chi connectivity index (χ1n) is 6.70. The summed E-state index contributed by atoms with van der Waals surface area (Å²) in [5.74, 6) is 0. The van der Waals surface area contributed by atoms with Crippen LogP contribution < -0.4 is 5.43 Å². The van der Waals surface area contributed by atoms with Crippen LogP contribution in [0.2, 0.25) is 0 Å². The van der Waals surface area contributed by atoms with Crippen molar-refractivity contribution in [2.75, 3.05) is 5.43 Å². The van der Waals surface area contributed by atoms with Gasteiger partial charge in [-0.3, -0.25) is 0 Å². The summed E-state index contributed by atoms with van der Waals surface area (Å²) in [5, 5.41) is 0. The topological polar surface area (TPSA) is 32.1 Å². The number of hydrogen-bond acceptors (Lipinski definition) is 1. The van der Waals surface area contributed by atoms with Crippen molar-refractivity contribution in [3.8, 4) is 0 Å². The molecule has 0 spiro atoms. The fourth-order valence-electron chi connectivity index (χ4n) is 1.26. The smallest absolute Gasteiger partial charge is 0.114 e. The first kappa shape index (κ1) is 16.8. The Bertz CT molecular complexity index is 441. The number of nitroso groups, excluding NO2 is 1. The van der Waals surface area contributed by atoms with E-state index in [2.05, 4.69) is 5.43 Å². The molecule has 0 fully saturated rings. The molecule has 0 saturated heterocycles. The van der Waals surface area contributed by atoms with Crippen LogP contribution in [-0.2, 0) is 0 Å². The lowest BCUT2D eigenvalue weighted by molar-refractivity contribution is -0.427. The van der Waals surface area contributed by atoms with Gasteiger partial charge in [0.2, 0.25) is 0 Å². The zero-order chi connectivity index (χ0) is 14.5. The van der Waals surface area contributed by atoms with Crippen LogP contribution in [0.5, 0.6) is 0 Å². The maximum Gasteiger partial charge on any atom is 0.292 e. The lowest BCUT2D eigenvalue weighted by Crippen LogP contribution is -2.09. The van der Waals surface area contributed by atoms with Gasteiger partial charge >= 0.3 is 0 Å². The number of para-hydroxylation sites is 2. The minimum Gasteiger partial charge on any atom is -0.114 e. The molecule has 1 N–H and O–H groups in total. The van der Waals surface area contributed by atoms with Crippen molar-refractivity contribution in [2.45, 2.75) is 27.7 Å². The molecule has 0 bridgehead atoms. The molecule has 0 radical (unpaired) electrons. The van der Waals surface area contributed by atoms with Gasteiger partial charge in [-0.05, 0) is 12.1 Å². The molecule has 2 rings (SSSR count). The molecule has 0 unspecified atom stereocenters. The molecule has 0 aliphatic carbocycles. The van der Waals surface area contributed by atoms with Crippen LogP contribution in [0.3, 0.4) is 0 Å². The number of anilines is 1. The van der Waals surface area contributed by atoms with Crippen LogP contribution in [0.1, 0.15) is 27.7 Å². The molecule has 102 valence electrons. The van der Waals surface area contributed by atoms with Crippen molar-refractivity contribution in [3.05, 3.63) is 65.6 Å². The third kappa shape index (κ3) is 6.36. The summed E-state index contributed by atoms with van der Waals surface area (Å²) in [4.78, 5) is 12.4. The molecule has 2 aromatic rings. The number of hydrogen-bond donors (Lipinski definition) is 1. The average molecular weight is 259 g/mol. The van der Waals surface area contributed by atoms with Gasteiger partial charge in [0.25, 0.3) is 5.69 Å². The van der Waals surface area contributed by atoms with E-state index in [-0.39, 0.29) is 0 Å². The van der Waals surface area contributed by atoms with Crippen LogP contribution >= 0.6 is 0 Å². The van der Waals surface area contributed by atoms with E-state index in [9.17, 15) is 4.91 Å². The molecule has 0 aliphatic heterocycles. The van der Waals surface area contributed by atoms with E-state index < -0.39 is 0 Å². The Morgan fingerprint density at radius 2 is 1.16 bits per heavy atom. The summed E-state index contributed by atoms with van der Waals surface area (Å²) in [6.07, 6.45) is 0. The van der Waals surface area contributed by atoms with Gasteiger partial charge in [-0.25, -0.2) is 0 Å². The predicted molar refractivity (Wildman–Crippen MR) is 82.5 cm³/mol. The highest BCUT2D eigenvalue weighted by molar-refractivity contribution is 5.41. The number of hydrazine groups is 1. The molecule has 0 amide bonds.